The van der Waals surface area contributed by atoms with Gasteiger partial charge in [0.05, 0.1) is 5.88 Å². The molecule has 1 nitrogen and oxygen atoms in total. The van der Waals surface area contributed by atoms with Crippen LogP contribution in [0.2, 0.25) is 5.15 Å². The smallest absolute Gasteiger partial charge is 0.234 e. The maximum atomic E-state index is 12.3. The van der Waals surface area contributed by atoms with Crippen LogP contribution < -0.4 is 0 Å². The Kier molecular flexibility index (Phi) is 3.88. The van der Waals surface area contributed by atoms with Gasteiger partial charge in [0.15, 0.2) is 0 Å². The third-order valence-corrected chi connectivity index (χ3v) is 2.63. The molecule has 1 aromatic rings. The number of alkyl halides is 3. The molecule has 0 radical (unpaired) electrons. The zero-order valence-electron chi connectivity index (χ0n) is 6.20. The van der Waals surface area contributed by atoms with Gasteiger partial charge in [-0.25, -0.2) is 13.8 Å². The lowest BCUT2D eigenvalue weighted by Gasteiger charge is -2.05. The number of hydrogen-bond acceptors (Lipinski definition) is 1. The molecule has 0 spiro atoms. The minimum Gasteiger partial charge on any atom is -0.234 e. The van der Waals surface area contributed by atoms with E-state index < -0.39 is 6.43 Å². The Hall–Kier alpha value is 0.0700. The molecule has 0 fully saturated rings. The van der Waals surface area contributed by atoms with Crippen LogP contribution >= 0.6 is 39.1 Å². The molecule has 72 valence electrons. The summed E-state index contributed by atoms with van der Waals surface area (Å²) < 4.78 is 24.7. The molecule has 0 atom stereocenters. The molecule has 1 heterocycles. The van der Waals surface area contributed by atoms with E-state index in [0.717, 1.165) is 0 Å². The Labute approximate surface area is 92.2 Å². The average Bonchev–Trinajstić information content (AvgIpc) is 2.07. The summed E-state index contributed by atoms with van der Waals surface area (Å²) in [5.41, 5.74) is 0.165. The van der Waals surface area contributed by atoms with Crippen molar-refractivity contribution in [2.75, 3.05) is 0 Å². The summed E-state index contributed by atoms with van der Waals surface area (Å²) in [7, 11) is 0. The first-order valence-electron chi connectivity index (χ1n) is 3.25. The normalized spacial score (nSPS) is 10.9. The molecule has 6 heteroatoms. The largest absolute Gasteiger partial charge is 0.281 e. The van der Waals surface area contributed by atoms with Gasteiger partial charge in [0.25, 0.3) is 6.43 Å². The quantitative estimate of drug-likeness (QED) is 0.588. The Morgan fingerprint density at radius 3 is 2.62 bits per heavy atom. The summed E-state index contributed by atoms with van der Waals surface area (Å²) >= 11 is 14.1. The van der Waals surface area contributed by atoms with Crippen molar-refractivity contribution >= 4 is 39.1 Å². The van der Waals surface area contributed by atoms with Crippen LogP contribution in [0.15, 0.2) is 10.5 Å². The lowest BCUT2D eigenvalue weighted by atomic mass is 10.3. The van der Waals surface area contributed by atoms with Crippen molar-refractivity contribution in [3.63, 3.8) is 0 Å². The predicted octanol–water partition coefficient (Wildman–Crippen LogP) is 4.17. The fraction of sp³-hybridized carbons (Fsp3) is 0.286. The molecule has 0 saturated carbocycles. The second-order valence-corrected chi connectivity index (χ2v) is 3.72. The Balaban J connectivity index is 3.20. The van der Waals surface area contributed by atoms with Gasteiger partial charge in [0.1, 0.15) is 10.8 Å². The molecule has 13 heavy (non-hydrogen) atoms. The SMILES string of the molecule is FC(F)c1nc(Cl)c(CCl)cc1Br. The van der Waals surface area contributed by atoms with E-state index in [1.54, 1.807) is 0 Å². The summed E-state index contributed by atoms with van der Waals surface area (Å²) in [6.45, 7) is 0. The minimum atomic E-state index is -2.64. The Morgan fingerprint density at radius 1 is 1.54 bits per heavy atom. The van der Waals surface area contributed by atoms with Crippen LogP contribution in [-0.4, -0.2) is 4.98 Å². The zero-order chi connectivity index (χ0) is 10.0. The molecule has 0 saturated heterocycles. The lowest BCUT2D eigenvalue weighted by molar-refractivity contribution is 0.145. The lowest BCUT2D eigenvalue weighted by Crippen LogP contribution is -1.95. The van der Waals surface area contributed by atoms with Gasteiger partial charge in [-0.15, -0.1) is 11.6 Å². The van der Waals surface area contributed by atoms with Crippen molar-refractivity contribution in [3.05, 3.63) is 26.9 Å². The van der Waals surface area contributed by atoms with E-state index >= 15 is 0 Å². The first kappa shape index (κ1) is 11.1. The molecular weight excluding hydrogens is 287 g/mol. The van der Waals surface area contributed by atoms with Crippen molar-refractivity contribution in [1.29, 1.82) is 0 Å². The average molecular weight is 291 g/mol. The number of nitrogens with zero attached hydrogens (tertiary/aromatic N) is 1. The van der Waals surface area contributed by atoms with Gasteiger partial charge >= 0.3 is 0 Å². The van der Waals surface area contributed by atoms with Crippen molar-refractivity contribution in [1.82, 2.24) is 4.98 Å². The van der Waals surface area contributed by atoms with Gasteiger partial charge < -0.3 is 0 Å². The highest BCUT2D eigenvalue weighted by Crippen LogP contribution is 2.29. The Morgan fingerprint density at radius 2 is 2.15 bits per heavy atom. The molecule has 0 bridgehead atoms. The molecular formula is C7H4BrCl2F2N. The molecule has 0 unspecified atom stereocenters. The summed E-state index contributed by atoms with van der Waals surface area (Å²) in [6, 6.07) is 1.45. The van der Waals surface area contributed by atoms with Crippen molar-refractivity contribution in [3.8, 4) is 0 Å². The molecule has 0 N–H and O–H groups in total. The number of rotatable bonds is 2. The van der Waals surface area contributed by atoms with E-state index in [9.17, 15) is 8.78 Å². The molecule has 0 aliphatic rings. The standard InChI is InChI=1S/C7H4BrCl2F2N/c8-4-1-3(2-9)6(10)13-5(4)7(11)12/h1,7H,2H2. The molecule has 1 rings (SSSR count). The van der Waals surface area contributed by atoms with Crippen LogP contribution in [0.5, 0.6) is 0 Å². The van der Waals surface area contributed by atoms with Crippen LogP contribution in [0.1, 0.15) is 17.7 Å². The molecule has 0 aromatic carbocycles. The van der Waals surface area contributed by atoms with Gasteiger partial charge in [0.2, 0.25) is 0 Å². The summed E-state index contributed by atoms with van der Waals surface area (Å²) in [5, 5.41) is 0.0218. The number of hydrogen-bond donors (Lipinski definition) is 0. The monoisotopic (exact) mass is 289 g/mol. The maximum Gasteiger partial charge on any atom is 0.281 e. The highest BCUT2D eigenvalue weighted by molar-refractivity contribution is 9.10. The van der Waals surface area contributed by atoms with E-state index in [1.807, 2.05) is 0 Å². The third-order valence-electron chi connectivity index (χ3n) is 1.38. The van der Waals surface area contributed by atoms with Crippen LogP contribution in [0.4, 0.5) is 8.78 Å². The number of aromatic nitrogens is 1. The summed E-state index contributed by atoms with van der Waals surface area (Å²) in [4.78, 5) is 3.53. The van der Waals surface area contributed by atoms with Crippen molar-refractivity contribution in [2.45, 2.75) is 12.3 Å². The van der Waals surface area contributed by atoms with Crippen molar-refractivity contribution < 1.29 is 8.78 Å². The first-order chi connectivity index (χ1) is 6.06. The van der Waals surface area contributed by atoms with Gasteiger partial charge in [-0.05, 0) is 22.0 Å². The second kappa shape index (κ2) is 4.53. The molecule has 0 amide bonds. The van der Waals surface area contributed by atoms with E-state index in [0.29, 0.717) is 5.56 Å². The van der Waals surface area contributed by atoms with Crippen LogP contribution in [0.3, 0.4) is 0 Å². The van der Waals surface area contributed by atoms with Gasteiger partial charge in [-0.1, -0.05) is 11.6 Å². The highest BCUT2D eigenvalue weighted by Gasteiger charge is 2.16. The molecule has 0 aliphatic heterocycles. The Bertz CT molecular complexity index is 320. The number of pyridine rings is 1. The first-order valence-corrected chi connectivity index (χ1v) is 4.95. The summed E-state index contributed by atoms with van der Waals surface area (Å²) in [5.74, 6) is 0.147. The topological polar surface area (TPSA) is 12.9 Å². The van der Waals surface area contributed by atoms with Crippen molar-refractivity contribution in [2.24, 2.45) is 0 Å². The van der Waals surface area contributed by atoms with Gasteiger partial charge in [0, 0.05) is 10.0 Å². The molecule has 1 aromatic heterocycles. The highest BCUT2D eigenvalue weighted by atomic mass is 79.9. The fourth-order valence-corrected chi connectivity index (χ4v) is 1.79. The molecule has 0 aliphatic carbocycles. The predicted molar refractivity (Wildman–Crippen MR) is 51.5 cm³/mol. The third kappa shape index (κ3) is 2.51. The maximum absolute atomic E-state index is 12.3. The second-order valence-electron chi connectivity index (χ2n) is 2.24. The van der Waals surface area contributed by atoms with Gasteiger partial charge in [-0.2, -0.15) is 0 Å². The van der Waals surface area contributed by atoms with Crippen LogP contribution in [0.25, 0.3) is 0 Å². The van der Waals surface area contributed by atoms with Crippen LogP contribution in [0, 0.1) is 0 Å². The van der Waals surface area contributed by atoms with E-state index in [2.05, 4.69) is 20.9 Å². The van der Waals surface area contributed by atoms with Crippen LogP contribution in [-0.2, 0) is 5.88 Å². The van der Waals surface area contributed by atoms with E-state index in [1.165, 1.54) is 6.07 Å². The van der Waals surface area contributed by atoms with E-state index in [-0.39, 0.29) is 21.2 Å². The fourth-order valence-electron chi connectivity index (χ4n) is 0.764. The zero-order valence-corrected chi connectivity index (χ0v) is 9.30. The summed E-state index contributed by atoms with van der Waals surface area (Å²) in [6.07, 6.45) is -2.64. The van der Waals surface area contributed by atoms with E-state index in [4.69, 9.17) is 23.2 Å². The minimum absolute atomic E-state index is 0.0218. The number of halogens is 5. The van der Waals surface area contributed by atoms with Gasteiger partial charge in [-0.3, -0.25) is 0 Å².